The number of rotatable bonds is 5. The van der Waals surface area contributed by atoms with Crippen LogP contribution in [0.1, 0.15) is 25.1 Å². The predicted molar refractivity (Wildman–Crippen MR) is 76.1 cm³/mol. The average molecular weight is 266 g/mol. The van der Waals surface area contributed by atoms with E-state index in [1.54, 1.807) is 0 Å². The predicted octanol–water partition coefficient (Wildman–Crippen LogP) is 0.929. The summed E-state index contributed by atoms with van der Waals surface area (Å²) in [4.78, 5) is 2.50. The summed E-state index contributed by atoms with van der Waals surface area (Å²) in [6, 6.07) is 0. The number of morpholine rings is 1. The number of nitrogens with zero attached hydrogens (tertiary/aromatic N) is 3. The third kappa shape index (κ3) is 3.78. The van der Waals surface area contributed by atoms with E-state index in [-0.39, 0.29) is 5.54 Å². The van der Waals surface area contributed by atoms with Gasteiger partial charge in [-0.05, 0) is 20.8 Å². The molecule has 0 aliphatic carbocycles. The number of nitrogens with one attached hydrogen (secondary N) is 1. The molecule has 0 saturated carbocycles. The lowest BCUT2D eigenvalue weighted by Gasteiger charge is -2.41. The lowest BCUT2D eigenvalue weighted by Crippen LogP contribution is -2.54. The Hall–Kier alpha value is -0.910. The van der Waals surface area contributed by atoms with Crippen molar-refractivity contribution in [3.63, 3.8) is 0 Å². The van der Waals surface area contributed by atoms with Gasteiger partial charge in [0.2, 0.25) is 0 Å². The van der Waals surface area contributed by atoms with Gasteiger partial charge in [0.25, 0.3) is 0 Å². The molecule has 108 valence electrons. The van der Waals surface area contributed by atoms with E-state index in [1.807, 2.05) is 11.7 Å². The zero-order chi connectivity index (χ0) is 13.9. The molecular weight excluding hydrogens is 240 g/mol. The zero-order valence-corrected chi connectivity index (χ0v) is 12.6. The molecule has 0 aromatic carbocycles. The Bertz CT molecular complexity index is 408. The molecule has 5 nitrogen and oxygen atoms in total. The molecule has 1 N–H and O–H groups in total. The molecular formula is C14H26N4O. The molecule has 1 aliphatic rings. The molecule has 2 heterocycles. The zero-order valence-electron chi connectivity index (χ0n) is 12.6. The van der Waals surface area contributed by atoms with Crippen molar-refractivity contribution in [2.75, 3.05) is 32.8 Å². The molecule has 2 rings (SSSR count). The topological polar surface area (TPSA) is 42.3 Å². The van der Waals surface area contributed by atoms with Crippen LogP contribution in [-0.2, 0) is 18.3 Å². The van der Waals surface area contributed by atoms with Gasteiger partial charge in [-0.25, -0.2) is 0 Å². The van der Waals surface area contributed by atoms with Crippen molar-refractivity contribution in [2.45, 2.75) is 32.9 Å². The molecule has 1 aromatic heterocycles. The van der Waals surface area contributed by atoms with Crippen LogP contribution in [0.2, 0.25) is 0 Å². The van der Waals surface area contributed by atoms with Crippen LogP contribution >= 0.6 is 0 Å². The fourth-order valence-corrected chi connectivity index (χ4v) is 2.61. The van der Waals surface area contributed by atoms with Crippen LogP contribution in [0.3, 0.4) is 0 Å². The van der Waals surface area contributed by atoms with Crippen molar-refractivity contribution in [3.8, 4) is 0 Å². The Morgan fingerprint density at radius 2 is 2.05 bits per heavy atom. The maximum absolute atomic E-state index is 5.41. The van der Waals surface area contributed by atoms with E-state index < -0.39 is 0 Å². The van der Waals surface area contributed by atoms with Crippen LogP contribution in [0.4, 0.5) is 0 Å². The second-order valence-electron chi connectivity index (χ2n) is 5.93. The molecule has 1 saturated heterocycles. The molecule has 0 spiro atoms. The van der Waals surface area contributed by atoms with Crippen LogP contribution in [0, 0.1) is 6.92 Å². The first-order valence-electron chi connectivity index (χ1n) is 7.02. The number of ether oxygens (including phenoxy) is 1. The first-order valence-corrected chi connectivity index (χ1v) is 7.02. The fraction of sp³-hybridized carbons (Fsp3) is 0.786. The molecule has 0 atom stereocenters. The molecule has 0 unspecified atom stereocenters. The number of aromatic nitrogens is 2. The average Bonchev–Trinajstić information content (AvgIpc) is 2.69. The number of aryl methyl sites for hydroxylation is 2. The van der Waals surface area contributed by atoms with Crippen molar-refractivity contribution < 1.29 is 4.74 Å². The van der Waals surface area contributed by atoms with Gasteiger partial charge in [0.05, 0.1) is 18.9 Å². The SMILES string of the molecule is Cc1nn(C)cc1CNCC(C)(C)N1CCOCC1. The van der Waals surface area contributed by atoms with E-state index in [9.17, 15) is 0 Å². The van der Waals surface area contributed by atoms with E-state index in [2.05, 4.69) is 42.3 Å². The van der Waals surface area contributed by atoms with Crippen LogP contribution in [0.15, 0.2) is 6.20 Å². The van der Waals surface area contributed by atoms with Crippen molar-refractivity contribution in [2.24, 2.45) is 7.05 Å². The van der Waals surface area contributed by atoms with E-state index in [0.717, 1.165) is 45.1 Å². The Morgan fingerprint density at radius 3 is 2.63 bits per heavy atom. The van der Waals surface area contributed by atoms with Crippen LogP contribution in [-0.4, -0.2) is 53.1 Å². The Balaban J connectivity index is 1.82. The molecule has 5 heteroatoms. The highest BCUT2D eigenvalue weighted by Gasteiger charge is 2.27. The van der Waals surface area contributed by atoms with E-state index in [1.165, 1.54) is 5.56 Å². The Kier molecular flexibility index (Phi) is 4.60. The summed E-state index contributed by atoms with van der Waals surface area (Å²) in [6.45, 7) is 12.3. The van der Waals surface area contributed by atoms with Crippen LogP contribution < -0.4 is 5.32 Å². The number of hydrogen-bond acceptors (Lipinski definition) is 4. The molecule has 0 bridgehead atoms. The smallest absolute Gasteiger partial charge is 0.0638 e. The first kappa shape index (κ1) is 14.5. The van der Waals surface area contributed by atoms with Gasteiger partial charge in [0, 0.05) is 50.5 Å². The molecule has 1 aliphatic heterocycles. The lowest BCUT2D eigenvalue weighted by molar-refractivity contribution is -0.00967. The van der Waals surface area contributed by atoms with Crippen molar-refractivity contribution in [1.82, 2.24) is 20.0 Å². The van der Waals surface area contributed by atoms with Gasteiger partial charge in [-0.2, -0.15) is 5.10 Å². The highest BCUT2D eigenvalue weighted by Crippen LogP contribution is 2.15. The summed E-state index contributed by atoms with van der Waals surface area (Å²) >= 11 is 0. The first-order chi connectivity index (χ1) is 8.99. The van der Waals surface area contributed by atoms with Gasteiger partial charge in [-0.1, -0.05) is 0 Å². The summed E-state index contributed by atoms with van der Waals surface area (Å²) in [5.41, 5.74) is 2.55. The minimum absolute atomic E-state index is 0.167. The molecule has 19 heavy (non-hydrogen) atoms. The third-order valence-corrected chi connectivity index (χ3v) is 3.86. The van der Waals surface area contributed by atoms with E-state index in [0.29, 0.717) is 0 Å². The highest BCUT2D eigenvalue weighted by atomic mass is 16.5. The quantitative estimate of drug-likeness (QED) is 0.861. The van der Waals surface area contributed by atoms with E-state index in [4.69, 9.17) is 4.74 Å². The highest BCUT2D eigenvalue weighted by molar-refractivity contribution is 5.14. The molecule has 1 fully saturated rings. The normalized spacial score (nSPS) is 17.9. The van der Waals surface area contributed by atoms with Crippen LogP contribution in [0.25, 0.3) is 0 Å². The minimum atomic E-state index is 0.167. The Morgan fingerprint density at radius 1 is 1.37 bits per heavy atom. The molecule has 1 aromatic rings. The summed E-state index contributed by atoms with van der Waals surface area (Å²) in [5.74, 6) is 0. The van der Waals surface area contributed by atoms with Gasteiger partial charge >= 0.3 is 0 Å². The maximum Gasteiger partial charge on any atom is 0.0638 e. The maximum atomic E-state index is 5.41. The standard InChI is InChI=1S/C14H26N4O/c1-12-13(10-17(4)16-12)9-15-11-14(2,3)18-5-7-19-8-6-18/h10,15H,5-9,11H2,1-4H3. The molecule has 0 radical (unpaired) electrons. The van der Waals surface area contributed by atoms with Crippen molar-refractivity contribution in [1.29, 1.82) is 0 Å². The van der Waals surface area contributed by atoms with Gasteiger partial charge in [-0.3, -0.25) is 9.58 Å². The van der Waals surface area contributed by atoms with Crippen LogP contribution in [0.5, 0.6) is 0 Å². The van der Waals surface area contributed by atoms with E-state index >= 15 is 0 Å². The second-order valence-corrected chi connectivity index (χ2v) is 5.93. The summed E-state index contributed by atoms with van der Waals surface area (Å²) in [6.07, 6.45) is 2.09. The Labute approximate surface area is 115 Å². The second kappa shape index (κ2) is 6.03. The summed E-state index contributed by atoms with van der Waals surface area (Å²) in [5, 5.41) is 7.92. The van der Waals surface area contributed by atoms with Gasteiger partial charge in [0.1, 0.15) is 0 Å². The van der Waals surface area contributed by atoms with Crippen molar-refractivity contribution in [3.05, 3.63) is 17.5 Å². The monoisotopic (exact) mass is 266 g/mol. The number of hydrogen-bond donors (Lipinski definition) is 1. The van der Waals surface area contributed by atoms with Gasteiger partial charge < -0.3 is 10.1 Å². The minimum Gasteiger partial charge on any atom is -0.379 e. The largest absolute Gasteiger partial charge is 0.379 e. The summed E-state index contributed by atoms with van der Waals surface area (Å²) in [7, 11) is 1.97. The van der Waals surface area contributed by atoms with Gasteiger partial charge in [-0.15, -0.1) is 0 Å². The summed E-state index contributed by atoms with van der Waals surface area (Å²) < 4.78 is 7.29. The van der Waals surface area contributed by atoms with Gasteiger partial charge in [0.15, 0.2) is 0 Å². The fourth-order valence-electron chi connectivity index (χ4n) is 2.61. The molecule has 0 amide bonds. The third-order valence-electron chi connectivity index (χ3n) is 3.86. The lowest BCUT2D eigenvalue weighted by atomic mass is 10.0. The van der Waals surface area contributed by atoms with Crippen molar-refractivity contribution >= 4 is 0 Å².